The van der Waals surface area contributed by atoms with E-state index in [1.165, 1.54) is 0 Å². The van der Waals surface area contributed by atoms with Crippen molar-refractivity contribution in [3.05, 3.63) is 60.7 Å². The zero-order valence-corrected chi connectivity index (χ0v) is 17.3. The second-order valence-corrected chi connectivity index (χ2v) is 34.6. The van der Waals surface area contributed by atoms with E-state index < -0.39 is 22.3 Å². The van der Waals surface area contributed by atoms with Gasteiger partial charge in [-0.05, 0) is 0 Å². The van der Waals surface area contributed by atoms with E-state index in [1.54, 1.807) is 10.4 Å². The predicted molar refractivity (Wildman–Crippen MR) is 105 cm³/mol. The quantitative estimate of drug-likeness (QED) is 0.742. The van der Waals surface area contributed by atoms with Crippen LogP contribution in [0.2, 0.25) is 39.3 Å². The van der Waals surface area contributed by atoms with Crippen LogP contribution >= 0.6 is 0 Å². The van der Waals surface area contributed by atoms with E-state index in [0.29, 0.717) is 0 Å². The first kappa shape index (κ1) is 16.5. The van der Waals surface area contributed by atoms with E-state index in [0.717, 1.165) is 0 Å². The second kappa shape index (κ2) is 5.71. The van der Waals surface area contributed by atoms with Crippen molar-refractivity contribution in [2.75, 3.05) is 0 Å². The largest absolute Gasteiger partial charge is 0.103 e. The van der Waals surface area contributed by atoms with Crippen LogP contribution in [0.4, 0.5) is 0 Å². The van der Waals surface area contributed by atoms with Gasteiger partial charge in [-0.25, -0.2) is 0 Å². The normalized spacial score (nSPS) is 13.2. The van der Waals surface area contributed by atoms with Crippen LogP contribution in [0.1, 0.15) is 0 Å². The SMILES string of the molecule is C[Si](C)(C)[Si](c1ccccc1)(c1ccccc1)[Si](C)(C)C. The second-order valence-electron chi connectivity index (χ2n) is 7.98. The molecule has 0 fully saturated rings. The zero-order chi connectivity index (χ0) is 15.7. The summed E-state index contributed by atoms with van der Waals surface area (Å²) in [7, 11) is -4.38. The van der Waals surface area contributed by atoms with E-state index >= 15 is 0 Å². The molecule has 0 radical (unpaired) electrons. The number of benzene rings is 2. The van der Waals surface area contributed by atoms with Crippen molar-refractivity contribution in [2.45, 2.75) is 39.3 Å². The van der Waals surface area contributed by atoms with Crippen LogP contribution in [0.3, 0.4) is 0 Å². The van der Waals surface area contributed by atoms with Crippen molar-refractivity contribution in [3.63, 3.8) is 0 Å². The third kappa shape index (κ3) is 2.74. The predicted octanol–water partition coefficient (Wildman–Crippen LogP) is 4.08. The fourth-order valence-corrected chi connectivity index (χ4v) is 51.2. The minimum Gasteiger partial charge on any atom is -0.0711 e. The minimum absolute atomic E-state index is 1.35. The van der Waals surface area contributed by atoms with Gasteiger partial charge in [-0.15, -0.1) is 0 Å². The fourth-order valence-electron chi connectivity index (χ4n) is 4.40. The Hall–Kier alpha value is -0.909. The number of hydrogen-bond acceptors (Lipinski definition) is 0. The Morgan fingerprint density at radius 2 is 0.762 bits per heavy atom. The van der Waals surface area contributed by atoms with E-state index in [-0.39, 0.29) is 0 Å². The molecule has 2 rings (SSSR count). The van der Waals surface area contributed by atoms with Gasteiger partial charge in [0.15, 0.2) is 0 Å². The third-order valence-electron chi connectivity index (χ3n) is 4.66. The van der Waals surface area contributed by atoms with Crippen molar-refractivity contribution in [1.82, 2.24) is 0 Å². The maximum atomic E-state index is 2.59. The van der Waals surface area contributed by atoms with E-state index in [2.05, 4.69) is 99.9 Å². The molecule has 0 N–H and O–H groups in total. The smallest absolute Gasteiger partial charge is 0.0711 e. The molecule has 21 heavy (non-hydrogen) atoms. The van der Waals surface area contributed by atoms with Gasteiger partial charge in [0.25, 0.3) is 0 Å². The first-order valence-corrected chi connectivity index (χ1v) is 18.8. The summed E-state index contributed by atoms with van der Waals surface area (Å²) >= 11 is 0. The Morgan fingerprint density at radius 1 is 0.476 bits per heavy atom. The molecule has 0 aliphatic heterocycles. The standard InChI is InChI=1S/C18H28Si3/c1-19(2,3)21(20(4,5)6,17-13-9-7-10-14-17)18-15-11-8-12-16-18/h7-16H,1-6H3. The summed E-state index contributed by atoms with van der Waals surface area (Å²) < 4.78 is 0. The van der Waals surface area contributed by atoms with Crippen molar-refractivity contribution < 1.29 is 0 Å². The highest BCUT2D eigenvalue weighted by molar-refractivity contribution is 7.76. The lowest BCUT2D eigenvalue weighted by molar-refractivity contribution is 1.68. The highest BCUT2D eigenvalue weighted by atomic mass is 29.6. The van der Waals surface area contributed by atoms with Gasteiger partial charge < -0.3 is 0 Å². The van der Waals surface area contributed by atoms with Crippen molar-refractivity contribution in [3.8, 4) is 0 Å². The van der Waals surface area contributed by atoms with Gasteiger partial charge in [0.1, 0.15) is 7.11 Å². The summed E-state index contributed by atoms with van der Waals surface area (Å²) in [5, 5.41) is 3.32. The summed E-state index contributed by atoms with van der Waals surface area (Å²) in [6.45, 7) is 15.6. The summed E-state index contributed by atoms with van der Waals surface area (Å²) in [6.07, 6.45) is 0. The maximum Gasteiger partial charge on any atom is 0.103 e. The summed E-state index contributed by atoms with van der Waals surface area (Å²) in [6, 6.07) is 22.9. The van der Waals surface area contributed by atoms with Crippen LogP contribution in [-0.4, -0.2) is 22.3 Å². The molecule has 0 aliphatic rings. The minimum atomic E-state index is -1.67. The average Bonchev–Trinajstić information content (AvgIpc) is 2.38. The van der Waals surface area contributed by atoms with Crippen LogP contribution < -0.4 is 10.4 Å². The van der Waals surface area contributed by atoms with Crippen LogP contribution in [0.25, 0.3) is 0 Å². The maximum absolute atomic E-state index is 2.59. The van der Waals surface area contributed by atoms with Gasteiger partial charge in [-0.3, -0.25) is 0 Å². The molecule has 0 unspecified atom stereocenters. The van der Waals surface area contributed by atoms with Crippen LogP contribution in [0.5, 0.6) is 0 Å². The molecule has 2 aromatic carbocycles. The highest BCUT2D eigenvalue weighted by Crippen LogP contribution is 2.29. The molecule has 0 aromatic heterocycles. The first-order chi connectivity index (χ1) is 9.71. The van der Waals surface area contributed by atoms with E-state index in [1.807, 2.05) is 0 Å². The van der Waals surface area contributed by atoms with Gasteiger partial charge in [0, 0.05) is 15.2 Å². The van der Waals surface area contributed by atoms with Gasteiger partial charge in [-0.1, -0.05) is 110 Å². The molecule has 0 amide bonds. The average molecular weight is 329 g/mol. The summed E-state index contributed by atoms with van der Waals surface area (Å²) in [5.74, 6) is 0. The van der Waals surface area contributed by atoms with Gasteiger partial charge in [0.2, 0.25) is 0 Å². The molecule has 3 heteroatoms. The van der Waals surface area contributed by atoms with Crippen molar-refractivity contribution in [2.24, 2.45) is 0 Å². The Bertz CT molecular complexity index is 522. The summed E-state index contributed by atoms with van der Waals surface area (Å²) in [5.41, 5.74) is 0. The molecule has 2 aromatic rings. The molecule has 0 saturated heterocycles. The molecule has 0 heterocycles. The molecular weight excluding hydrogens is 300 g/mol. The number of hydrogen-bond donors (Lipinski definition) is 0. The molecular formula is C18H28Si3. The van der Waals surface area contributed by atoms with E-state index in [4.69, 9.17) is 0 Å². The molecule has 0 saturated carbocycles. The Morgan fingerprint density at radius 3 is 1.00 bits per heavy atom. The lowest BCUT2D eigenvalue weighted by atomic mass is 10.4. The monoisotopic (exact) mass is 328 g/mol. The van der Waals surface area contributed by atoms with Crippen molar-refractivity contribution in [1.29, 1.82) is 0 Å². The Kier molecular flexibility index (Phi) is 4.47. The fraction of sp³-hybridized carbons (Fsp3) is 0.333. The van der Waals surface area contributed by atoms with Gasteiger partial charge in [0.05, 0.1) is 0 Å². The highest BCUT2D eigenvalue weighted by Gasteiger charge is 2.56. The lowest BCUT2D eigenvalue weighted by Gasteiger charge is -2.51. The Labute approximate surface area is 132 Å². The summed E-state index contributed by atoms with van der Waals surface area (Å²) in [4.78, 5) is 0. The molecule has 112 valence electrons. The topological polar surface area (TPSA) is 0 Å². The van der Waals surface area contributed by atoms with Crippen molar-refractivity contribution >= 4 is 32.7 Å². The van der Waals surface area contributed by atoms with Gasteiger partial charge >= 0.3 is 0 Å². The Balaban J connectivity index is 2.87. The molecule has 0 aliphatic carbocycles. The van der Waals surface area contributed by atoms with Crippen LogP contribution in [0, 0.1) is 0 Å². The van der Waals surface area contributed by atoms with Gasteiger partial charge in [-0.2, -0.15) is 0 Å². The molecule has 0 spiro atoms. The number of rotatable bonds is 4. The molecule has 0 bridgehead atoms. The third-order valence-corrected chi connectivity index (χ3v) is 42.0. The zero-order valence-electron chi connectivity index (χ0n) is 14.3. The van der Waals surface area contributed by atoms with Crippen LogP contribution in [0.15, 0.2) is 60.7 Å². The lowest BCUT2D eigenvalue weighted by Crippen LogP contribution is -2.84. The van der Waals surface area contributed by atoms with Crippen LogP contribution in [-0.2, 0) is 0 Å². The molecule has 0 nitrogen and oxygen atoms in total. The van der Waals surface area contributed by atoms with E-state index in [9.17, 15) is 0 Å². The molecule has 0 atom stereocenters. The first-order valence-electron chi connectivity index (χ1n) is 7.82.